The number of amides is 2. The van der Waals surface area contributed by atoms with Crippen molar-refractivity contribution in [3.8, 4) is 0 Å². The molecule has 2 amide bonds. The Bertz CT molecular complexity index is 496. The quantitative estimate of drug-likeness (QED) is 0.790. The monoisotopic (exact) mass is 277 g/mol. The highest BCUT2D eigenvalue weighted by Gasteiger charge is 2.27. The Morgan fingerprint density at radius 2 is 1.80 bits per heavy atom. The Kier molecular flexibility index (Phi) is 4.45. The van der Waals surface area contributed by atoms with E-state index < -0.39 is 6.09 Å². The third-order valence-corrected chi connectivity index (χ3v) is 3.59. The van der Waals surface area contributed by atoms with Gasteiger partial charge >= 0.3 is 6.09 Å². The van der Waals surface area contributed by atoms with Crippen LogP contribution < -0.4 is 10.6 Å². The minimum atomic E-state index is -0.913. The summed E-state index contributed by atoms with van der Waals surface area (Å²) >= 11 is 0. The standard InChI is InChI=1S/C14H19N3O3/c1-15-11-4-2-3-5-12(11)16-13(18)10-6-8-17(9-7-10)14(19)20/h2-5,10,15H,6-9H2,1H3,(H,16,18)(H,19,20). The Balaban J connectivity index is 1.94. The summed E-state index contributed by atoms with van der Waals surface area (Å²) < 4.78 is 0. The van der Waals surface area contributed by atoms with Gasteiger partial charge in [-0.3, -0.25) is 4.79 Å². The number of carboxylic acid groups (broad SMARTS) is 1. The molecule has 1 aromatic carbocycles. The molecule has 1 saturated heterocycles. The molecule has 6 heteroatoms. The van der Waals surface area contributed by atoms with E-state index in [4.69, 9.17) is 5.11 Å². The van der Waals surface area contributed by atoms with Crippen molar-refractivity contribution >= 4 is 23.4 Å². The molecule has 0 bridgehead atoms. The Hall–Kier alpha value is -2.24. The fourth-order valence-electron chi connectivity index (χ4n) is 2.38. The van der Waals surface area contributed by atoms with Gasteiger partial charge in [0.1, 0.15) is 0 Å². The number of carbonyl (C=O) groups excluding carboxylic acids is 1. The number of carbonyl (C=O) groups is 2. The Labute approximate surface area is 117 Å². The fraction of sp³-hybridized carbons (Fsp3) is 0.429. The maximum absolute atomic E-state index is 12.2. The smallest absolute Gasteiger partial charge is 0.407 e. The van der Waals surface area contributed by atoms with Crippen molar-refractivity contribution in [3.05, 3.63) is 24.3 Å². The summed E-state index contributed by atoms with van der Waals surface area (Å²) in [5.74, 6) is -0.173. The van der Waals surface area contributed by atoms with E-state index in [2.05, 4.69) is 10.6 Å². The number of nitrogens with one attached hydrogen (secondary N) is 2. The van der Waals surface area contributed by atoms with Crippen molar-refractivity contribution in [2.24, 2.45) is 5.92 Å². The lowest BCUT2D eigenvalue weighted by Gasteiger charge is -2.29. The van der Waals surface area contributed by atoms with Crippen LogP contribution in [0.15, 0.2) is 24.3 Å². The number of benzene rings is 1. The topological polar surface area (TPSA) is 81.7 Å². The first-order chi connectivity index (χ1) is 9.61. The van der Waals surface area contributed by atoms with Gasteiger partial charge in [-0.15, -0.1) is 0 Å². The molecule has 1 aliphatic heterocycles. The van der Waals surface area contributed by atoms with Gasteiger partial charge in [0.15, 0.2) is 0 Å². The first kappa shape index (κ1) is 14.2. The van der Waals surface area contributed by atoms with Crippen LogP contribution >= 0.6 is 0 Å². The van der Waals surface area contributed by atoms with Gasteiger partial charge in [-0.1, -0.05) is 12.1 Å². The average Bonchev–Trinajstić information content (AvgIpc) is 2.48. The van der Waals surface area contributed by atoms with Gasteiger partial charge in [0.05, 0.1) is 11.4 Å². The van der Waals surface area contributed by atoms with Gasteiger partial charge in [0, 0.05) is 26.1 Å². The molecular weight excluding hydrogens is 258 g/mol. The molecule has 6 nitrogen and oxygen atoms in total. The molecule has 0 aliphatic carbocycles. The van der Waals surface area contributed by atoms with Crippen LogP contribution in [0.1, 0.15) is 12.8 Å². The summed E-state index contributed by atoms with van der Waals surface area (Å²) in [7, 11) is 1.80. The Morgan fingerprint density at radius 1 is 1.20 bits per heavy atom. The summed E-state index contributed by atoms with van der Waals surface area (Å²) in [5.41, 5.74) is 1.62. The predicted octanol–water partition coefficient (Wildman–Crippen LogP) is 2.06. The van der Waals surface area contributed by atoms with E-state index in [9.17, 15) is 9.59 Å². The van der Waals surface area contributed by atoms with Gasteiger partial charge in [-0.25, -0.2) is 4.79 Å². The molecule has 20 heavy (non-hydrogen) atoms. The van der Waals surface area contributed by atoms with Crippen molar-refractivity contribution in [1.82, 2.24) is 4.90 Å². The zero-order chi connectivity index (χ0) is 14.5. The second kappa shape index (κ2) is 6.27. The van der Waals surface area contributed by atoms with E-state index >= 15 is 0 Å². The summed E-state index contributed by atoms with van der Waals surface area (Å²) in [5, 5.41) is 14.8. The van der Waals surface area contributed by atoms with Gasteiger partial charge < -0.3 is 20.6 Å². The molecule has 0 unspecified atom stereocenters. The summed E-state index contributed by atoms with van der Waals surface area (Å²) in [4.78, 5) is 24.4. The molecule has 0 radical (unpaired) electrons. The SMILES string of the molecule is CNc1ccccc1NC(=O)C1CCN(C(=O)O)CC1. The van der Waals surface area contributed by atoms with E-state index in [1.165, 1.54) is 4.90 Å². The van der Waals surface area contributed by atoms with Gasteiger partial charge in [-0.05, 0) is 25.0 Å². The Morgan fingerprint density at radius 3 is 2.35 bits per heavy atom. The van der Waals surface area contributed by atoms with E-state index in [0.717, 1.165) is 11.4 Å². The summed E-state index contributed by atoms with van der Waals surface area (Å²) in [6, 6.07) is 7.50. The van der Waals surface area contributed by atoms with Crippen molar-refractivity contribution in [1.29, 1.82) is 0 Å². The van der Waals surface area contributed by atoms with Crippen LogP contribution in [-0.4, -0.2) is 42.1 Å². The maximum atomic E-state index is 12.2. The van der Waals surface area contributed by atoms with Crippen LogP contribution in [0.3, 0.4) is 0 Å². The molecule has 108 valence electrons. The molecule has 3 N–H and O–H groups in total. The fourth-order valence-corrected chi connectivity index (χ4v) is 2.38. The molecule has 0 atom stereocenters. The normalized spacial score (nSPS) is 15.8. The van der Waals surface area contributed by atoms with Gasteiger partial charge in [0.2, 0.25) is 5.91 Å². The molecule has 1 aliphatic rings. The molecule has 0 saturated carbocycles. The highest BCUT2D eigenvalue weighted by Crippen LogP contribution is 2.23. The third kappa shape index (κ3) is 3.20. The van der Waals surface area contributed by atoms with Crippen LogP contribution in [-0.2, 0) is 4.79 Å². The molecule has 0 aromatic heterocycles. The van der Waals surface area contributed by atoms with Crippen LogP contribution in [0.25, 0.3) is 0 Å². The van der Waals surface area contributed by atoms with Gasteiger partial charge in [0.25, 0.3) is 0 Å². The number of nitrogens with zero attached hydrogens (tertiary/aromatic N) is 1. The minimum absolute atomic E-state index is 0.0438. The molecule has 1 aromatic rings. The number of anilines is 2. The molecular formula is C14H19N3O3. The lowest BCUT2D eigenvalue weighted by Crippen LogP contribution is -2.40. The van der Waals surface area contributed by atoms with Crippen molar-refractivity contribution < 1.29 is 14.7 Å². The number of hydrogen-bond donors (Lipinski definition) is 3. The van der Waals surface area contributed by atoms with Crippen LogP contribution in [0.4, 0.5) is 16.2 Å². The van der Waals surface area contributed by atoms with Crippen molar-refractivity contribution in [2.75, 3.05) is 30.8 Å². The number of hydrogen-bond acceptors (Lipinski definition) is 3. The van der Waals surface area contributed by atoms with E-state index in [-0.39, 0.29) is 11.8 Å². The highest BCUT2D eigenvalue weighted by molar-refractivity contribution is 5.95. The summed E-state index contributed by atoms with van der Waals surface area (Å²) in [6.07, 6.45) is 0.226. The first-order valence-corrected chi connectivity index (χ1v) is 6.67. The number of para-hydroxylation sites is 2. The van der Waals surface area contributed by atoms with Crippen molar-refractivity contribution in [2.45, 2.75) is 12.8 Å². The first-order valence-electron chi connectivity index (χ1n) is 6.67. The summed E-state index contributed by atoms with van der Waals surface area (Å²) in [6.45, 7) is 0.836. The molecule has 0 spiro atoms. The number of piperidine rings is 1. The van der Waals surface area contributed by atoms with Crippen molar-refractivity contribution in [3.63, 3.8) is 0 Å². The number of likely N-dealkylation sites (tertiary alicyclic amines) is 1. The molecule has 1 heterocycles. The van der Waals surface area contributed by atoms with Crippen LogP contribution in [0, 0.1) is 5.92 Å². The lowest BCUT2D eigenvalue weighted by molar-refractivity contribution is -0.121. The predicted molar refractivity (Wildman–Crippen MR) is 76.9 cm³/mol. The second-order valence-electron chi connectivity index (χ2n) is 4.83. The molecule has 2 rings (SSSR count). The zero-order valence-corrected chi connectivity index (χ0v) is 11.4. The number of rotatable bonds is 3. The third-order valence-electron chi connectivity index (χ3n) is 3.59. The second-order valence-corrected chi connectivity index (χ2v) is 4.83. The highest BCUT2D eigenvalue weighted by atomic mass is 16.4. The minimum Gasteiger partial charge on any atom is -0.465 e. The molecule has 1 fully saturated rings. The lowest BCUT2D eigenvalue weighted by atomic mass is 9.96. The van der Waals surface area contributed by atoms with E-state index in [1.807, 2.05) is 24.3 Å². The van der Waals surface area contributed by atoms with Crippen LogP contribution in [0.5, 0.6) is 0 Å². The zero-order valence-electron chi connectivity index (χ0n) is 11.4. The van der Waals surface area contributed by atoms with E-state index in [0.29, 0.717) is 25.9 Å². The largest absolute Gasteiger partial charge is 0.465 e. The van der Waals surface area contributed by atoms with E-state index in [1.54, 1.807) is 7.05 Å². The van der Waals surface area contributed by atoms with Crippen LogP contribution in [0.2, 0.25) is 0 Å². The maximum Gasteiger partial charge on any atom is 0.407 e. The average molecular weight is 277 g/mol. The van der Waals surface area contributed by atoms with Gasteiger partial charge in [-0.2, -0.15) is 0 Å².